The second-order valence-electron chi connectivity index (χ2n) is 4.80. The number of hydrogen-bond acceptors (Lipinski definition) is 4. The molecule has 0 aliphatic carbocycles. The first-order chi connectivity index (χ1) is 9.74. The standard InChI is InChI=1S/C16H21N3O/c1-19(10-8-15-6-2-3-9-18-15)11-12-20-16-7-4-5-14(17)13-16/h2-7,9,13H,8,10-12,17H2,1H3. The Morgan fingerprint density at radius 3 is 2.80 bits per heavy atom. The number of hydrogen-bond donors (Lipinski definition) is 1. The topological polar surface area (TPSA) is 51.4 Å². The first-order valence-corrected chi connectivity index (χ1v) is 6.81. The second-order valence-corrected chi connectivity index (χ2v) is 4.80. The van der Waals surface area contributed by atoms with Crippen LogP contribution in [0.3, 0.4) is 0 Å². The van der Waals surface area contributed by atoms with Gasteiger partial charge in [-0.15, -0.1) is 0 Å². The molecule has 1 aromatic heterocycles. The van der Waals surface area contributed by atoms with Gasteiger partial charge < -0.3 is 15.4 Å². The van der Waals surface area contributed by atoms with E-state index in [1.165, 1.54) is 0 Å². The predicted octanol–water partition coefficient (Wildman–Crippen LogP) is 2.22. The van der Waals surface area contributed by atoms with E-state index in [4.69, 9.17) is 10.5 Å². The molecule has 2 aromatic rings. The largest absolute Gasteiger partial charge is 0.492 e. The van der Waals surface area contributed by atoms with Gasteiger partial charge in [-0.2, -0.15) is 0 Å². The molecule has 1 aromatic carbocycles. The number of pyridine rings is 1. The summed E-state index contributed by atoms with van der Waals surface area (Å²) in [6, 6.07) is 13.5. The van der Waals surface area contributed by atoms with Crippen molar-refractivity contribution in [2.75, 3.05) is 32.5 Å². The summed E-state index contributed by atoms with van der Waals surface area (Å²) in [5, 5.41) is 0. The molecule has 106 valence electrons. The number of nitrogen functional groups attached to an aromatic ring is 1. The molecule has 0 saturated heterocycles. The van der Waals surface area contributed by atoms with Crippen molar-refractivity contribution in [3.8, 4) is 5.75 Å². The van der Waals surface area contributed by atoms with Crippen molar-refractivity contribution in [3.63, 3.8) is 0 Å². The Hall–Kier alpha value is -2.07. The molecule has 20 heavy (non-hydrogen) atoms. The Morgan fingerprint density at radius 2 is 2.05 bits per heavy atom. The number of anilines is 1. The maximum atomic E-state index is 5.70. The zero-order chi connectivity index (χ0) is 14.2. The van der Waals surface area contributed by atoms with Crippen LogP contribution in [0.15, 0.2) is 48.7 Å². The van der Waals surface area contributed by atoms with E-state index in [0.717, 1.165) is 36.6 Å². The van der Waals surface area contributed by atoms with E-state index < -0.39 is 0 Å². The molecule has 0 unspecified atom stereocenters. The molecule has 4 heteroatoms. The lowest BCUT2D eigenvalue weighted by Gasteiger charge is -2.16. The van der Waals surface area contributed by atoms with Gasteiger partial charge in [0.25, 0.3) is 0 Å². The molecule has 1 heterocycles. The molecule has 0 fully saturated rings. The number of ether oxygens (including phenoxy) is 1. The van der Waals surface area contributed by atoms with Crippen LogP contribution in [0.1, 0.15) is 5.69 Å². The highest BCUT2D eigenvalue weighted by atomic mass is 16.5. The number of benzene rings is 1. The number of rotatable bonds is 7. The number of likely N-dealkylation sites (N-methyl/N-ethyl adjacent to an activating group) is 1. The van der Waals surface area contributed by atoms with E-state index in [2.05, 4.69) is 23.0 Å². The van der Waals surface area contributed by atoms with Gasteiger partial charge >= 0.3 is 0 Å². The van der Waals surface area contributed by atoms with Crippen LogP contribution in [0.25, 0.3) is 0 Å². The number of aromatic nitrogens is 1. The van der Waals surface area contributed by atoms with Crippen LogP contribution in [0.2, 0.25) is 0 Å². The minimum Gasteiger partial charge on any atom is -0.492 e. The molecule has 0 spiro atoms. The average Bonchev–Trinajstić information content (AvgIpc) is 2.46. The summed E-state index contributed by atoms with van der Waals surface area (Å²) in [5.74, 6) is 0.822. The summed E-state index contributed by atoms with van der Waals surface area (Å²) in [5.41, 5.74) is 7.55. The third-order valence-corrected chi connectivity index (χ3v) is 3.08. The fraction of sp³-hybridized carbons (Fsp3) is 0.312. The van der Waals surface area contributed by atoms with Crippen molar-refractivity contribution in [3.05, 3.63) is 54.4 Å². The van der Waals surface area contributed by atoms with Crippen LogP contribution in [0.4, 0.5) is 5.69 Å². The molecule has 0 aliphatic rings. The molecule has 0 atom stereocenters. The monoisotopic (exact) mass is 271 g/mol. The first kappa shape index (κ1) is 14.3. The predicted molar refractivity (Wildman–Crippen MR) is 81.8 cm³/mol. The third-order valence-electron chi connectivity index (χ3n) is 3.08. The van der Waals surface area contributed by atoms with E-state index in [0.29, 0.717) is 6.61 Å². The highest BCUT2D eigenvalue weighted by Gasteiger charge is 2.01. The quantitative estimate of drug-likeness (QED) is 0.785. The van der Waals surface area contributed by atoms with E-state index in [1.54, 1.807) is 0 Å². The summed E-state index contributed by atoms with van der Waals surface area (Å²) in [4.78, 5) is 6.55. The summed E-state index contributed by atoms with van der Waals surface area (Å²) in [6.07, 6.45) is 2.79. The van der Waals surface area contributed by atoms with E-state index in [1.807, 2.05) is 42.6 Å². The smallest absolute Gasteiger partial charge is 0.121 e. The second kappa shape index (κ2) is 7.50. The maximum Gasteiger partial charge on any atom is 0.121 e. The van der Waals surface area contributed by atoms with Crippen molar-refractivity contribution in [1.29, 1.82) is 0 Å². The Kier molecular flexibility index (Phi) is 5.38. The van der Waals surface area contributed by atoms with Crippen LogP contribution in [-0.2, 0) is 6.42 Å². The van der Waals surface area contributed by atoms with Gasteiger partial charge in [0.15, 0.2) is 0 Å². The van der Waals surface area contributed by atoms with Gasteiger partial charge in [0.05, 0.1) is 0 Å². The molecular weight excluding hydrogens is 250 g/mol. The zero-order valence-corrected chi connectivity index (χ0v) is 11.8. The summed E-state index contributed by atoms with van der Waals surface area (Å²) in [7, 11) is 2.09. The van der Waals surface area contributed by atoms with Crippen molar-refractivity contribution in [1.82, 2.24) is 9.88 Å². The molecule has 0 amide bonds. The molecule has 0 bridgehead atoms. The van der Waals surface area contributed by atoms with E-state index in [-0.39, 0.29) is 0 Å². The Labute approximate surface area is 120 Å². The average molecular weight is 271 g/mol. The Morgan fingerprint density at radius 1 is 1.15 bits per heavy atom. The molecule has 0 aliphatic heterocycles. The highest BCUT2D eigenvalue weighted by molar-refractivity contribution is 5.43. The third kappa shape index (κ3) is 4.90. The van der Waals surface area contributed by atoms with Crippen LogP contribution in [0.5, 0.6) is 5.75 Å². The molecule has 2 rings (SSSR count). The van der Waals surface area contributed by atoms with Crippen molar-refractivity contribution >= 4 is 5.69 Å². The van der Waals surface area contributed by atoms with Gasteiger partial charge in [-0.05, 0) is 31.3 Å². The van der Waals surface area contributed by atoms with Crippen LogP contribution in [-0.4, -0.2) is 36.6 Å². The number of nitrogens with two attached hydrogens (primary N) is 1. The molecule has 0 saturated carbocycles. The fourth-order valence-corrected chi connectivity index (χ4v) is 1.89. The zero-order valence-electron chi connectivity index (χ0n) is 11.8. The lowest BCUT2D eigenvalue weighted by Crippen LogP contribution is -2.26. The molecular formula is C16H21N3O. The maximum absolute atomic E-state index is 5.70. The normalized spacial score (nSPS) is 10.7. The lowest BCUT2D eigenvalue weighted by atomic mass is 10.2. The van der Waals surface area contributed by atoms with Gasteiger partial charge in [-0.3, -0.25) is 4.98 Å². The highest BCUT2D eigenvalue weighted by Crippen LogP contribution is 2.14. The summed E-state index contributed by atoms with van der Waals surface area (Å²) < 4.78 is 5.67. The Balaban J connectivity index is 1.66. The molecule has 4 nitrogen and oxygen atoms in total. The number of nitrogens with zero attached hydrogens (tertiary/aromatic N) is 2. The minimum absolute atomic E-state index is 0.655. The van der Waals surface area contributed by atoms with Crippen molar-refractivity contribution in [2.24, 2.45) is 0 Å². The van der Waals surface area contributed by atoms with Crippen LogP contribution in [0, 0.1) is 0 Å². The lowest BCUT2D eigenvalue weighted by molar-refractivity contribution is 0.238. The van der Waals surface area contributed by atoms with E-state index >= 15 is 0 Å². The minimum atomic E-state index is 0.655. The SMILES string of the molecule is CN(CCOc1cccc(N)c1)CCc1ccccn1. The molecule has 2 N–H and O–H groups in total. The van der Waals surface area contributed by atoms with Gasteiger partial charge in [-0.1, -0.05) is 12.1 Å². The van der Waals surface area contributed by atoms with Gasteiger partial charge in [0, 0.05) is 43.2 Å². The van der Waals surface area contributed by atoms with Crippen LogP contribution >= 0.6 is 0 Å². The fourth-order valence-electron chi connectivity index (χ4n) is 1.89. The van der Waals surface area contributed by atoms with E-state index in [9.17, 15) is 0 Å². The van der Waals surface area contributed by atoms with Crippen LogP contribution < -0.4 is 10.5 Å². The summed E-state index contributed by atoms with van der Waals surface area (Å²) in [6.45, 7) is 2.50. The first-order valence-electron chi connectivity index (χ1n) is 6.81. The van der Waals surface area contributed by atoms with Crippen molar-refractivity contribution in [2.45, 2.75) is 6.42 Å². The van der Waals surface area contributed by atoms with Gasteiger partial charge in [-0.25, -0.2) is 0 Å². The molecule has 0 radical (unpaired) electrons. The van der Waals surface area contributed by atoms with Gasteiger partial charge in [0.2, 0.25) is 0 Å². The van der Waals surface area contributed by atoms with Gasteiger partial charge in [0.1, 0.15) is 12.4 Å². The van der Waals surface area contributed by atoms with Crippen molar-refractivity contribution < 1.29 is 4.74 Å². The summed E-state index contributed by atoms with van der Waals surface area (Å²) >= 11 is 0. The Bertz CT molecular complexity index is 516.